The SMILES string of the molecule is CCOC(=O)Cc1csc(NC(=O)c2ccc(Oc3nccs3)cc2)n1. The van der Waals surface area contributed by atoms with E-state index in [1.54, 1.807) is 42.8 Å². The molecule has 1 amide bonds. The van der Waals surface area contributed by atoms with Gasteiger partial charge in [0, 0.05) is 22.5 Å². The van der Waals surface area contributed by atoms with E-state index in [9.17, 15) is 9.59 Å². The Morgan fingerprint density at radius 2 is 2.00 bits per heavy atom. The molecule has 0 bridgehead atoms. The summed E-state index contributed by atoms with van der Waals surface area (Å²) in [5.74, 6) is -0.0307. The molecule has 3 aromatic rings. The highest BCUT2D eigenvalue weighted by Crippen LogP contribution is 2.24. The van der Waals surface area contributed by atoms with Crippen LogP contribution in [0.4, 0.5) is 5.13 Å². The standard InChI is InChI=1S/C17H15N3O4S2/c1-2-23-14(21)9-12-10-26-16(19-12)20-15(22)11-3-5-13(6-4-11)24-17-18-7-8-25-17/h3-8,10H,2,9H2,1H3,(H,19,20,22). The molecule has 2 aromatic heterocycles. The molecule has 9 heteroatoms. The summed E-state index contributed by atoms with van der Waals surface area (Å²) in [7, 11) is 0. The van der Waals surface area contributed by atoms with Gasteiger partial charge in [-0.1, -0.05) is 11.3 Å². The van der Waals surface area contributed by atoms with Crippen LogP contribution in [0, 0.1) is 0 Å². The first kappa shape index (κ1) is 18.0. The van der Waals surface area contributed by atoms with Gasteiger partial charge in [-0.15, -0.1) is 11.3 Å². The Labute approximate surface area is 157 Å². The van der Waals surface area contributed by atoms with Gasteiger partial charge in [0.1, 0.15) is 5.75 Å². The molecule has 3 rings (SSSR count). The molecule has 0 saturated heterocycles. The number of rotatable bonds is 7. The summed E-state index contributed by atoms with van der Waals surface area (Å²) in [6, 6.07) is 6.71. The van der Waals surface area contributed by atoms with Crippen LogP contribution in [-0.4, -0.2) is 28.5 Å². The van der Waals surface area contributed by atoms with Crippen molar-refractivity contribution in [2.24, 2.45) is 0 Å². The van der Waals surface area contributed by atoms with Crippen LogP contribution in [-0.2, 0) is 16.0 Å². The Morgan fingerprint density at radius 3 is 2.69 bits per heavy atom. The third-order valence-electron chi connectivity index (χ3n) is 3.13. The Balaban J connectivity index is 1.58. The summed E-state index contributed by atoms with van der Waals surface area (Å²) in [5, 5.41) is 7.22. The van der Waals surface area contributed by atoms with Crippen molar-refractivity contribution in [1.29, 1.82) is 0 Å². The van der Waals surface area contributed by atoms with Gasteiger partial charge in [0.2, 0.25) is 0 Å². The third kappa shape index (κ3) is 4.87. The number of thiazole rings is 2. The van der Waals surface area contributed by atoms with Crippen LogP contribution < -0.4 is 10.1 Å². The van der Waals surface area contributed by atoms with Crippen molar-refractivity contribution in [3.05, 3.63) is 52.5 Å². The van der Waals surface area contributed by atoms with Crippen molar-refractivity contribution in [3.63, 3.8) is 0 Å². The molecule has 0 aliphatic heterocycles. The number of carbonyl (C=O) groups is 2. The molecular weight excluding hydrogens is 374 g/mol. The van der Waals surface area contributed by atoms with Crippen molar-refractivity contribution in [3.8, 4) is 10.9 Å². The summed E-state index contributed by atoms with van der Waals surface area (Å²) in [6.45, 7) is 2.08. The maximum absolute atomic E-state index is 12.3. The number of hydrogen-bond acceptors (Lipinski definition) is 8. The smallest absolute Gasteiger partial charge is 0.311 e. The molecule has 1 N–H and O–H groups in total. The molecule has 1 aromatic carbocycles. The normalized spacial score (nSPS) is 10.3. The maximum Gasteiger partial charge on any atom is 0.311 e. The van der Waals surface area contributed by atoms with Crippen LogP contribution >= 0.6 is 22.7 Å². The van der Waals surface area contributed by atoms with Gasteiger partial charge in [-0.25, -0.2) is 9.97 Å². The number of carbonyl (C=O) groups excluding carboxylic acids is 2. The van der Waals surface area contributed by atoms with Crippen molar-refractivity contribution < 1.29 is 19.1 Å². The summed E-state index contributed by atoms with van der Waals surface area (Å²) in [5.41, 5.74) is 1.04. The molecule has 0 spiro atoms. The number of ether oxygens (including phenoxy) is 2. The van der Waals surface area contributed by atoms with Crippen LogP contribution in [0.5, 0.6) is 10.9 Å². The van der Waals surface area contributed by atoms with E-state index < -0.39 is 0 Å². The highest BCUT2D eigenvalue weighted by molar-refractivity contribution is 7.14. The predicted octanol–water partition coefficient (Wildman–Crippen LogP) is 3.75. The number of esters is 1. The Bertz CT molecular complexity index is 876. The van der Waals surface area contributed by atoms with Crippen molar-refractivity contribution in [1.82, 2.24) is 9.97 Å². The van der Waals surface area contributed by atoms with Gasteiger partial charge >= 0.3 is 5.97 Å². The zero-order valence-electron chi connectivity index (χ0n) is 13.8. The average molecular weight is 389 g/mol. The van der Waals surface area contributed by atoms with E-state index in [0.717, 1.165) is 0 Å². The van der Waals surface area contributed by atoms with Crippen LogP contribution in [0.3, 0.4) is 0 Å². The molecule has 0 fully saturated rings. The van der Waals surface area contributed by atoms with Crippen molar-refractivity contribution in [2.45, 2.75) is 13.3 Å². The van der Waals surface area contributed by atoms with Gasteiger partial charge in [0.15, 0.2) is 5.13 Å². The van der Waals surface area contributed by atoms with E-state index >= 15 is 0 Å². The number of anilines is 1. The first-order valence-corrected chi connectivity index (χ1v) is 9.48. The lowest BCUT2D eigenvalue weighted by atomic mass is 10.2. The van der Waals surface area contributed by atoms with E-state index in [2.05, 4.69) is 15.3 Å². The molecule has 2 heterocycles. The fourth-order valence-corrected chi connectivity index (χ4v) is 3.22. The predicted molar refractivity (Wildman–Crippen MR) is 99.0 cm³/mol. The molecule has 0 unspecified atom stereocenters. The zero-order valence-corrected chi connectivity index (χ0v) is 15.4. The zero-order chi connectivity index (χ0) is 18.4. The van der Waals surface area contributed by atoms with Gasteiger partial charge in [-0.3, -0.25) is 14.9 Å². The second kappa shape index (κ2) is 8.54. The molecule has 134 valence electrons. The summed E-state index contributed by atoms with van der Waals surface area (Å²) in [6.07, 6.45) is 1.75. The lowest BCUT2D eigenvalue weighted by Crippen LogP contribution is -2.12. The number of benzene rings is 1. The Hall–Kier alpha value is -2.78. The lowest BCUT2D eigenvalue weighted by Gasteiger charge is -2.04. The van der Waals surface area contributed by atoms with Gasteiger partial charge in [0.25, 0.3) is 11.1 Å². The van der Waals surface area contributed by atoms with Gasteiger partial charge in [0.05, 0.1) is 18.7 Å². The molecule has 0 saturated carbocycles. The highest BCUT2D eigenvalue weighted by atomic mass is 32.1. The molecule has 0 atom stereocenters. The first-order valence-electron chi connectivity index (χ1n) is 7.73. The van der Waals surface area contributed by atoms with E-state index in [-0.39, 0.29) is 18.3 Å². The maximum atomic E-state index is 12.3. The van der Waals surface area contributed by atoms with Gasteiger partial charge in [-0.2, -0.15) is 0 Å². The van der Waals surface area contributed by atoms with E-state index in [1.807, 2.05) is 5.38 Å². The van der Waals surface area contributed by atoms with Crippen LogP contribution in [0.15, 0.2) is 41.2 Å². The largest absolute Gasteiger partial charge is 0.466 e. The number of nitrogens with one attached hydrogen (secondary N) is 1. The second-order valence-corrected chi connectivity index (χ2v) is 6.72. The first-order chi connectivity index (χ1) is 12.6. The molecule has 0 aliphatic rings. The fourth-order valence-electron chi connectivity index (χ4n) is 2.01. The molecule has 26 heavy (non-hydrogen) atoms. The van der Waals surface area contributed by atoms with Crippen LogP contribution in [0.25, 0.3) is 0 Å². The number of aromatic nitrogens is 2. The number of amides is 1. The minimum atomic E-state index is -0.341. The monoisotopic (exact) mass is 389 g/mol. The average Bonchev–Trinajstić information content (AvgIpc) is 3.28. The molecular formula is C17H15N3O4S2. The lowest BCUT2D eigenvalue weighted by molar-refractivity contribution is -0.142. The molecule has 7 nitrogen and oxygen atoms in total. The second-order valence-electron chi connectivity index (χ2n) is 5.00. The van der Waals surface area contributed by atoms with Crippen LogP contribution in [0.2, 0.25) is 0 Å². The minimum Gasteiger partial charge on any atom is -0.466 e. The third-order valence-corrected chi connectivity index (χ3v) is 4.59. The fraction of sp³-hybridized carbons (Fsp3) is 0.176. The molecule has 0 aliphatic carbocycles. The van der Waals surface area contributed by atoms with Crippen molar-refractivity contribution >= 4 is 39.7 Å². The number of hydrogen-bond donors (Lipinski definition) is 1. The summed E-state index contributed by atoms with van der Waals surface area (Å²) < 4.78 is 10.4. The summed E-state index contributed by atoms with van der Waals surface area (Å²) in [4.78, 5) is 32.0. The number of nitrogens with zero attached hydrogens (tertiary/aromatic N) is 2. The van der Waals surface area contributed by atoms with Crippen molar-refractivity contribution in [2.75, 3.05) is 11.9 Å². The van der Waals surface area contributed by atoms with E-state index in [1.165, 1.54) is 22.7 Å². The van der Waals surface area contributed by atoms with E-state index in [0.29, 0.717) is 33.9 Å². The van der Waals surface area contributed by atoms with Gasteiger partial charge in [-0.05, 0) is 31.2 Å². The Kier molecular flexibility index (Phi) is 5.92. The van der Waals surface area contributed by atoms with Gasteiger partial charge < -0.3 is 9.47 Å². The molecule has 0 radical (unpaired) electrons. The van der Waals surface area contributed by atoms with Crippen LogP contribution in [0.1, 0.15) is 23.0 Å². The van der Waals surface area contributed by atoms with E-state index in [4.69, 9.17) is 9.47 Å². The topological polar surface area (TPSA) is 90.4 Å². The minimum absolute atomic E-state index is 0.0863. The highest BCUT2D eigenvalue weighted by Gasteiger charge is 2.12. The quantitative estimate of drug-likeness (QED) is 0.619. The summed E-state index contributed by atoms with van der Waals surface area (Å²) >= 11 is 2.64. The Morgan fingerprint density at radius 1 is 1.19 bits per heavy atom.